The Morgan fingerprint density at radius 1 is 0.969 bits per heavy atom. The summed E-state index contributed by atoms with van der Waals surface area (Å²) >= 11 is 1.09. The number of carbonyl (C=O) groups is 3. The maximum absolute atomic E-state index is 13.7. The predicted molar refractivity (Wildman–Crippen MR) is 125 cm³/mol. The van der Waals surface area contributed by atoms with Crippen molar-refractivity contribution in [2.75, 3.05) is 17.8 Å². The summed E-state index contributed by atoms with van der Waals surface area (Å²) in [5.41, 5.74) is 1.54. The molecule has 1 unspecified atom stereocenters. The monoisotopic (exact) mass is 451 g/mol. The van der Waals surface area contributed by atoms with Gasteiger partial charge in [0.1, 0.15) is 6.04 Å². The molecule has 0 bridgehead atoms. The summed E-state index contributed by atoms with van der Waals surface area (Å²) < 4.78 is 10.3. The van der Waals surface area contributed by atoms with E-state index >= 15 is 0 Å². The topological polar surface area (TPSA) is 76.8 Å². The van der Waals surface area contributed by atoms with Gasteiger partial charge in [-0.15, -0.1) is 0 Å². The number of methoxy groups -OCH3 is 1. The SMILES string of the molecule is COC(=O)[C@H](C)N(C(=O)C(CSC(=O)c1ccccc1)Cc1ccccc1)c1ccco1. The molecule has 0 saturated heterocycles. The minimum Gasteiger partial charge on any atom is -0.467 e. The van der Waals surface area contributed by atoms with Crippen LogP contribution in [0.5, 0.6) is 0 Å². The Hall–Kier alpha value is -3.32. The Bertz CT molecular complexity index is 1020. The van der Waals surface area contributed by atoms with Crippen molar-refractivity contribution in [2.45, 2.75) is 19.4 Å². The van der Waals surface area contributed by atoms with E-state index in [0.29, 0.717) is 12.0 Å². The van der Waals surface area contributed by atoms with Crippen molar-refractivity contribution >= 4 is 34.6 Å². The van der Waals surface area contributed by atoms with Gasteiger partial charge in [0, 0.05) is 17.4 Å². The van der Waals surface area contributed by atoms with E-state index in [1.54, 1.807) is 43.3 Å². The molecule has 3 aromatic rings. The smallest absolute Gasteiger partial charge is 0.328 e. The van der Waals surface area contributed by atoms with Crippen molar-refractivity contribution in [3.05, 3.63) is 90.2 Å². The Balaban J connectivity index is 1.86. The highest BCUT2D eigenvalue weighted by Crippen LogP contribution is 2.26. The van der Waals surface area contributed by atoms with Gasteiger partial charge >= 0.3 is 5.97 Å². The molecule has 32 heavy (non-hydrogen) atoms. The molecular weight excluding hydrogens is 426 g/mol. The minimum absolute atomic E-state index is 0.109. The average molecular weight is 452 g/mol. The molecule has 166 valence electrons. The Morgan fingerprint density at radius 2 is 1.62 bits per heavy atom. The van der Waals surface area contributed by atoms with Crippen LogP contribution in [0.25, 0.3) is 0 Å². The van der Waals surface area contributed by atoms with Crippen LogP contribution in [-0.2, 0) is 20.7 Å². The zero-order valence-corrected chi connectivity index (χ0v) is 18.8. The van der Waals surface area contributed by atoms with E-state index in [0.717, 1.165) is 17.3 Å². The number of hydrogen-bond donors (Lipinski definition) is 0. The van der Waals surface area contributed by atoms with Crippen LogP contribution in [0.1, 0.15) is 22.8 Å². The molecule has 0 aliphatic heterocycles. The Kier molecular flexibility index (Phi) is 8.27. The van der Waals surface area contributed by atoms with Gasteiger partial charge in [-0.3, -0.25) is 14.5 Å². The molecule has 0 N–H and O–H groups in total. The molecular formula is C25H25NO5S. The molecule has 0 aliphatic carbocycles. The van der Waals surface area contributed by atoms with Crippen LogP contribution in [0.15, 0.2) is 83.5 Å². The van der Waals surface area contributed by atoms with Crippen molar-refractivity contribution < 1.29 is 23.5 Å². The van der Waals surface area contributed by atoms with Crippen molar-refractivity contribution in [2.24, 2.45) is 5.92 Å². The van der Waals surface area contributed by atoms with Crippen LogP contribution in [0.3, 0.4) is 0 Å². The molecule has 0 spiro atoms. The molecule has 2 aromatic carbocycles. The summed E-state index contributed by atoms with van der Waals surface area (Å²) in [4.78, 5) is 39.9. The number of furan rings is 1. The lowest BCUT2D eigenvalue weighted by molar-refractivity contribution is -0.143. The van der Waals surface area contributed by atoms with Gasteiger partial charge in [-0.25, -0.2) is 4.79 Å². The standard InChI is InChI=1S/C25H25NO5S/c1-18(24(28)30-2)26(22-14-9-15-31-22)23(27)21(16-19-10-5-3-6-11-19)17-32-25(29)20-12-7-4-8-13-20/h3-15,18,21H,16-17H2,1-2H3/t18-,21?/m0/s1. The van der Waals surface area contributed by atoms with E-state index in [1.165, 1.54) is 18.3 Å². The highest BCUT2D eigenvalue weighted by atomic mass is 32.2. The van der Waals surface area contributed by atoms with Crippen LogP contribution in [0.4, 0.5) is 5.88 Å². The number of amides is 1. The lowest BCUT2D eigenvalue weighted by Gasteiger charge is -2.29. The molecule has 1 aromatic heterocycles. The van der Waals surface area contributed by atoms with Gasteiger partial charge < -0.3 is 9.15 Å². The molecule has 3 rings (SSSR count). The summed E-state index contributed by atoms with van der Waals surface area (Å²) in [6.45, 7) is 1.59. The number of hydrogen-bond acceptors (Lipinski definition) is 6. The normalized spacial score (nSPS) is 12.6. The lowest BCUT2D eigenvalue weighted by Crippen LogP contribution is -2.47. The van der Waals surface area contributed by atoms with Crippen LogP contribution in [0, 0.1) is 5.92 Å². The van der Waals surface area contributed by atoms with Gasteiger partial charge in [0.15, 0.2) is 0 Å². The van der Waals surface area contributed by atoms with Gasteiger partial charge in [0.25, 0.3) is 0 Å². The quantitative estimate of drug-likeness (QED) is 0.442. The van der Waals surface area contributed by atoms with Crippen LogP contribution >= 0.6 is 11.8 Å². The minimum atomic E-state index is -0.883. The molecule has 0 fully saturated rings. The summed E-state index contributed by atoms with van der Waals surface area (Å²) in [5, 5.41) is -0.109. The third kappa shape index (κ3) is 5.88. The fourth-order valence-corrected chi connectivity index (χ4v) is 4.24. The van der Waals surface area contributed by atoms with E-state index in [2.05, 4.69) is 0 Å². The molecule has 2 atom stereocenters. The second kappa shape index (κ2) is 11.3. The van der Waals surface area contributed by atoms with E-state index in [1.807, 2.05) is 36.4 Å². The summed E-state index contributed by atoms with van der Waals surface area (Å²) in [5.74, 6) is -0.916. The lowest BCUT2D eigenvalue weighted by atomic mass is 9.99. The number of benzene rings is 2. The second-order valence-electron chi connectivity index (χ2n) is 7.21. The van der Waals surface area contributed by atoms with Gasteiger partial charge in [0.05, 0.1) is 19.3 Å². The van der Waals surface area contributed by atoms with E-state index in [-0.39, 0.29) is 22.7 Å². The second-order valence-corrected chi connectivity index (χ2v) is 8.20. The zero-order chi connectivity index (χ0) is 22.9. The van der Waals surface area contributed by atoms with Gasteiger partial charge in [-0.1, -0.05) is 72.4 Å². The average Bonchev–Trinajstić information content (AvgIpc) is 3.36. The molecule has 0 radical (unpaired) electrons. The third-order valence-electron chi connectivity index (χ3n) is 5.01. The van der Waals surface area contributed by atoms with Crippen LogP contribution < -0.4 is 4.90 Å². The first-order valence-electron chi connectivity index (χ1n) is 10.2. The number of nitrogens with zero attached hydrogens (tertiary/aromatic N) is 1. The number of carbonyl (C=O) groups excluding carboxylic acids is 3. The van der Waals surface area contributed by atoms with Crippen molar-refractivity contribution in [3.8, 4) is 0 Å². The maximum Gasteiger partial charge on any atom is 0.328 e. The van der Waals surface area contributed by atoms with Crippen LogP contribution in [0.2, 0.25) is 0 Å². The fraction of sp³-hybridized carbons (Fsp3) is 0.240. The molecule has 0 aliphatic rings. The zero-order valence-electron chi connectivity index (χ0n) is 18.0. The van der Waals surface area contributed by atoms with Gasteiger partial charge in [0.2, 0.25) is 16.9 Å². The van der Waals surface area contributed by atoms with Crippen molar-refractivity contribution in [1.29, 1.82) is 0 Å². The molecule has 7 heteroatoms. The van der Waals surface area contributed by atoms with Crippen molar-refractivity contribution in [1.82, 2.24) is 0 Å². The summed E-state index contributed by atoms with van der Waals surface area (Å²) in [6, 6.07) is 20.9. The Labute approximate surface area is 191 Å². The molecule has 0 saturated carbocycles. The predicted octanol–water partition coefficient (Wildman–Crippen LogP) is 4.61. The van der Waals surface area contributed by atoms with E-state index in [9.17, 15) is 14.4 Å². The summed E-state index contributed by atoms with van der Waals surface area (Å²) in [7, 11) is 1.28. The number of esters is 1. The number of rotatable bonds is 9. The summed E-state index contributed by atoms with van der Waals surface area (Å²) in [6.07, 6.45) is 1.86. The van der Waals surface area contributed by atoms with Gasteiger partial charge in [-0.2, -0.15) is 0 Å². The van der Waals surface area contributed by atoms with E-state index < -0.39 is 17.9 Å². The molecule has 1 amide bonds. The first-order valence-corrected chi connectivity index (χ1v) is 11.2. The third-order valence-corrected chi connectivity index (χ3v) is 6.08. The highest BCUT2D eigenvalue weighted by molar-refractivity contribution is 8.14. The Morgan fingerprint density at radius 3 is 2.22 bits per heavy atom. The first-order chi connectivity index (χ1) is 15.5. The van der Waals surface area contributed by atoms with Crippen LogP contribution in [-0.4, -0.2) is 35.9 Å². The molecule has 1 heterocycles. The molecule has 6 nitrogen and oxygen atoms in total. The maximum atomic E-state index is 13.7. The number of thioether (sulfide) groups is 1. The number of ether oxygens (including phenoxy) is 1. The largest absolute Gasteiger partial charge is 0.467 e. The fourth-order valence-electron chi connectivity index (χ4n) is 3.32. The van der Waals surface area contributed by atoms with Gasteiger partial charge in [-0.05, 0) is 25.0 Å². The van der Waals surface area contributed by atoms with Crippen molar-refractivity contribution in [3.63, 3.8) is 0 Å². The van der Waals surface area contributed by atoms with E-state index in [4.69, 9.17) is 9.15 Å². The highest BCUT2D eigenvalue weighted by Gasteiger charge is 2.35. The first kappa shape index (κ1) is 23.3. The number of anilines is 1.